The van der Waals surface area contributed by atoms with E-state index < -0.39 is 0 Å². The number of nitrogens with zero attached hydrogens (tertiary/aromatic N) is 1. The Morgan fingerprint density at radius 1 is 1.60 bits per heavy atom. The van der Waals surface area contributed by atoms with E-state index in [2.05, 4.69) is 10.3 Å². The van der Waals surface area contributed by atoms with Crippen molar-refractivity contribution in [1.29, 1.82) is 0 Å². The van der Waals surface area contributed by atoms with Gasteiger partial charge in [0.05, 0.1) is 12.0 Å². The highest BCUT2D eigenvalue weighted by molar-refractivity contribution is 5.14. The van der Waals surface area contributed by atoms with Crippen molar-refractivity contribution in [3.8, 4) is 0 Å². The summed E-state index contributed by atoms with van der Waals surface area (Å²) in [6.07, 6.45) is 6.51. The maximum atomic E-state index is 13.2. The monoisotopic (exact) mass is 207 g/mol. The molecular weight excluding hydrogens is 193 g/mol. The summed E-state index contributed by atoms with van der Waals surface area (Å²) in [5, 5.41) is 3.05. The number of aromatic nitrogens is 1. The molecule has 0 fully saturated rings. The van der Waals surface area contributed by atoms with Gasteiger partial charge < -0.3 is 11.1 Å². The van der Waals surface area contributed by atoms with Gasteiger partial charge in [0.2, 0.25) is 0 Å². The third kappa shape index (κ3) is 2.46. The van der Waals surface area contributed by atoms with Crippen LogP contribution in [0.4, 0.5) is 4.39 Å². The molecule has 0 unspecified atom stereocenters. The van der Waals surface area contributed by atoms with Gasteiger partial charge >= 0.3 is 0 Å². The van der Waals surface area contributed by atoms with E-state index in [0.29, 0.717) is 5.92 Å². The van der Waals surface area contributed by atoms with Crippen LogP contribution in [0.2, 0.25) is 0 Å². The summed E-state index contributed by atoms with van der Waals surface area (Å²) in [6, 6.07) is 1.73. The Kier molecular flexibility index (Phi) is 2.85. The molecule has 1 atom stereocenters. The minimum atomic E-state index is -0.222. The zero-order chi connectivity index (χ0) is 10.7. The Labute approximate surface area is 88.2 Å². The molecule has 1 aromatic rings. The summed E-state index contributed by atoms with van der Waals surface area (Å²) in [6.45, 7) is 0.860. The van der Waals surface area contributed by atoms with Crippen LogP contribution >= 0.6 is 0 Å². The van der Waals surface area contributed by atoms with Gasteiger partial charge in [-0.1, -0.05) is 0 Å². The fraction of sp³-hybridized carbons (Fsp3) is 0.364. The van der Waals surface area contributed by atoms with Gasteiger partial charge in [0.1, 0.15) is 5.82 Å². The van der Waals surface area contributed by atoms with Crippen LogP contribution in [0.25, 0.3) is 0 Å². The topological polar surface area (TPSA) is 50.9 Å². The number of halogens is 1. The van der Waals surface area contributed by atoms with Crippen LogP contribution in [0.15, 0.2) is 30.4 Å². The van der Waals surface area contributed by atoms with Crippen LogP contribution in [0, 0.1) is 11.7 Å². The molecule has 2 heterocycles. The fourth-order valence-electron chi connectivity index (χ4n) is 1.75. The summed E-state index contributed by atoms with van der Waals surface area (Å²) in [5.41, 5.74) is 6.32. The molecule has 4 heteroatoms. The first-order valence-corrected chi connectivity index (χ1v) is 5.05. The van der Waals surface area contributed by atoms with Gasteiger partial charge in [-0.15, -0.1) is 0 Å². The molecule has 1 aromatic heterocycles. The molecule has 0 saturated carbocycles. The summed E-state index contributed by atoms with van der Waals surface area (Å²) < 4.78 is 13.2. The van der Waals surface area contributed by atoms with Crippen molar-refractivity contribution in [3.63, 3.8) is 0 Å². The van der Waals surface area contributed by atoms with E-state index in [1.165, 1.54) is 6.20 Å². The summed E-state index contributed by atoms with van der Waals surface area (Å²) in [4.78, 5) is 3.72. The Bertz CT molecular complexity index is 376. The number of nitrogens with two attached hydrogens (primary N) is 1. The van der Waals surface area contributed by atoms with Crippen molar-refractivity contribution in [2.45, 2.75) is 12.8 Å². The molecule has 80 valence electrons. The standard InChI is InChI=1S/C11H14FN3/c12-10-7-14-4-3-9(10)2-1-8-5-11(13)15-6-8/h3-5,7-8,15H,1-2,6,13H2/t8-/m0/s1. The number of pyridine rings is 1. The highest BCUT2D eigenvalue weighted by atomic mass is 19.1. The van der Waals surface area contributed by atoms with Gasteiger partial charge in [-0.2, -0.15) is 0 Å². The molecule has 0 saturated heterocycles. The van der Waals surface area contributed by atoms with Crippen molar-refractivity contribution < 1.29 is 4.39 Å². The Hall–Kier alpha value is -1.58. The second-order valence-electron chi connectivity index (χ2n) is 3.77. The van der Waals surface area contributed by atoms with Crippen molar-refractivity contribution in [2.24, 2.45) is 11.7 Å². The van der Waals surface area contributed by atoms with Crippen molar-refractivity contribution >= 4 is 0 Å². The van der Waals surface area contributed by atoms with E-state index in [1.807, 2.05) is 6.08 Å². The van der Waals surface area contributed by atoms with Crippen molar-refractivity contribution in [1.82, 2.24) is 10.3 Å². The number of hydrogen-bond donors (Lipinski definition) is 2. The van der Waals surface area contributed by atoms with Crippen LogP contribution in [-0.2, 0) is 6.42 Å². The molecule has 0 radical (unpaired) electrons. The zero-order valence-corrected chi connectivity index (χ0v) is 8.41. The molecule has 3 N–H and O–H groups in total. The number of rotatable bonds is 3. The van der Waals surface area contributed by atoms with Crippen molar-refractivity contribution in [2.75, 3.05) is 6.54 Å². The molecule has 0 bridgehead atoms. The second kappa shape index (κ2) is 4.29. The van der Waals surface area contributed by atoms with Crippen molar-refractivity contribution in [3.05, 3.63) is 41.7 Å². The fourth-order valence-corrected chi connectivity index (χ4v) is 1.75. The predicted octanol–water partition coefficient (Wildman–Crippen LogP) is 1.17. The van der Waals surface area contributed by atoms with Crippen LogP contribution in [0.3, 0.4) is 0 Å². The minimum absolute atomic E-state index is 0.222. The van der Waals surface area contributed by atoms with E-state index in [4.69, 9.17) is 5.73 Å². The molecule has 0 aliphatic carbocycles. The molecule has 0 spiro atoms. The second-order valence-corrected chi connectivity index (χ2v) is 3.77. The quantitative estimate of drug-likeness (QED) is 0.782. The van der Waals surface area contributed by atoms with Crippen LogP contribution in [0.1, 0.15) is 12.0 Å². The average Bonchev–Trinajstić information content (AvgIpc) is 2.63. The smallest absolute Gasteiger partial charge is 0.144 e. The Morgan fingerprint density at radius 2 is 2.47 bits per heavy atom. The summed E-state index contributed by atoms with van der Waals surface area (Å²) in [7, 11) is 0. The van der Waals surface area contributed by atoms with E-state index >= 15 is 0 Å². The third-order valence-electron chi connectivity index (χ3n) is 2.62. The highest BCUT2D eigenvalue weighted by Crippen LogP contribution is 2.16. The minimum Gasteiger partial charge on any atom is -0.386 e. The summed E-state index contributed by atoms with van der Waals surface area (Å²) in [5.74, 6) is 0.924. The maximum Gasteiger partial charge on any atom is 0.144 e. The lowest BCUT2D eigenvalue weighted by atomic mass is 10.0. The Balaban J connectivity index is 1.91. The molecule has 1 aliphatic heterocycles. The van der Waals surface area contributed by atoms with Crippen LogP contribution in [-0.4, -0.2) is 11.5 Å². The Morgan fingerprint density at radius 3 is 3.13 bits per heavy atom. The van der Waals surface area contributed by atoms with Gasteiger partial charge in [-0.05, 0) is 36.5 Å². The molecular formula is C11H14FN3. The number of aryl methyl sites for hydroxylation is 1. The molecule has 15 heavy (non-hydrogen) atoms. The first-order valence-electron chi connectivity index (χ1n) is 5.05. The average molecular weight is 207 g/mol. The van der Waals surface area contributed by atoms with Gasteiger partial charge in [0.25, 0.3) is 0 Å². The van der Waals surface area contributed by atoms with Gasteiger partial charge in [-0.3, -0.25) is 4.98 Å². The maximum absolute atomic E-state index is 13.2. The SMILES string of the molecule is NC1=C[C@H](CCc2ccncc2F)CN1. The summed E-state index contributed by atoms with van der Waals surface area (Å²) >= 11 is 0. The zero-order valence-electron chi connectivity index (χ0n) is 8.41. The molecule has 0 amide bonds. The van der Waals surface area contributed by atoms with E-state index in [9.17, 15) is 4.39 Å². The lowest BCUT2D eigenvalue weighted by Crippen LogP contribution is -2.16. The largest absolute Gasteiger partial charge is 0.386 e. The lowest BCUT2D eigenvalue weighted by molar-refractivity contribution is 0.563. The van der Waals surface area contributed by atoms with Gasteiger partial charge in [0.15, 0.2) is 0 Å². The molecule has 0 aromatic carbocycles. The van der Waals surface area contributed by atoms with E-state index in [1.54, 1.807) is 12.3 Å². The van der Waals surface area contributed by atoms with Gasteiger partial charge in [0, 0.05) is 12.7 Å². The highest BCUT2D eigenvalue weighted by Gasteiger charge is 2.13. The molecule has 3 nitrogen and oxygen atoms in total. The first-order chi connectivity index (χ1) is 7.25. The van der Waals surface area contributed by atoms with Crippen LogP contribution < -0.4 is 11.1 Å². The third-order valence-corrected chi connectivity index (χ3v) is 2.62. The lowest BCUT2D eigenvalue weighted by Gasteiger charge is -2.06. The molecule has 1 aliphatic rings. The predicted molar refractivity (Wildman–Crippen MR) is 56.3 cm³/mol. The van der Waals surface area contributed by atoms with Crippen LogP contribution in [0.5, 0.6) is 0 Å². The van der Waals surface area contributed by atoms with E-state index in [0.717, 1.165) is 30.8 Å². The number of nitrogens with one attached hydrogen (secondary N) is 1. The molecule has 2 rings (SSSR count). The number of hydrogen-bond acceptors (Lipinski definition) is 3. The first kappa shape index (κ1) is 9.96. The van der Waals surface area contributed by atoms with E-state index in [-0.39, 0.29) is 5.82 Å². The van der Waals surface area contributed by atoms with Gasteiger partial charge in [-0.25, -0.2) is 4.39 Å². The normalized spacial score (nSPS) is 19.8.